The molecule has 0 aromatic carbocycles. The monoisotopic (exact) mass is 493 g/mol. The minimum absolute atomic E-state index is 0.0448. The van der Waals surface area contributed by atoms with Gasteiger partial charge in [-0.15, -0.1) is 0 Å². The van der Waals surface area contributed by atoms with Gasteiger partial charge in [0.1, 0.15) is 11.7 Å². The summed E-state index contributed by atoms with van der Waals surface area (Å²) >= 11 is 0. The maximum atomic E-state index is 13.1. The average molecular weight is 493 g/mol. The van der Waals surface area contributed by atoms with Gasteiger partial charge in [0.05, 0.1) is 5.56 Å². The lowest BCUT2D eigenvalue weighted by Crippen LogP contribution is -2.50. The largest absolute Gasteiger partial charge is 0.446 e. The van der Waals surface area contributed by atoms with E-state index >= 15 is 0 Å². The van der Waals surface area contributed by atoms with E-state index in [9.17, 15) is 35.9 Å². The molecule has 1 atom stereocenters. The van der Waals surface area contributed by atoms with Crippen LogP contribution in [0.15, 0.2) is 23.4 Å². The smallest absolute Gasteiger partial charge is 0.421 e. The first-order valence-electron chi connectivity index (χ1n) is 10.2. The number of ether oxygens (including phenoxy) is 1. The van der Waals surface area contributed by atoms with Gasteiger partial charge in [-0.2, -0.15) is 26.3 Å². The molecule has 1 aliphatic rings. The number of anilines is 1. The van der Waals surface area contributed by atoms with Crippen molar-refractivity contribution in [1.29, 1.82) is 0 Å². The van der Waals surface area contributed by atoms with Crippen LogP contribution in [-0.2, 0) is 23.5 Å². The van der Waals surface area contributed by atoms with Crippen molar-refractivity contribution in [2.24, 2.45) is 0 Å². The lowest BCUT2D eigenvalue weighted by Gasteiger charge is -2.34. The number of pyridine rings is 1. The summed E-state index contributed by atoms with van der Waals surface area (Å²) in [6, 6.07) is 0. The molecule has 0 unspecified atom stereocenters. The fraction of sp³-hybridized carbons (Fsp3) is 0.500. The maximum absolute atomic E-state index is 13.1. The number of alkyl halides is 6. The zero-order valence-corrected chi connectivity index (χ0v) is 18.1. The number of halogens is 6. The van der Waals surface area contributed by atoms with Crippen molar-refractivity contribution in [3.63, 3.8) is 0 Å². The molecule has 2 aromatic rings. The van der Waals surface area contributed by atoms with Gasteiger partial charge in [-0.05, 0) is 25.0 Å². The van der Waals surface area contributed by atoms with Gasteiger partial charge in [-0.1, -0.05) is 0 Å². The summed E-state index contributed by atoms with van der Waals surface area (Å²) in [6.45, 7) is 3.58. The SMILES string of the molecule is Cc1c(C[C@H](C)OC(=O)N2CCN(c3ncc(C(F)(F)F)cn3)CC2)c[nH]c(=O)c1C(F)(F)F. The topological polar surface area (TPSA) is 91.4 Å². The van der Waals surface area contributed by atoms with Crippen LogP contribution in [0.25, 0.3) is 0 Å². The Kier molecular flexibility index (Phi) is 7.07. The molecule has 1 saturated heterocycles. The Morgan fingerprint density at radius 1 is 1.09 bits per heavy atom. The molecule has 0 aliphatic carbocycles. The Bertz CT molecular complexity index is 1080. The van der Waals surface area contributed by atoms with Gasteiger partial charge in [0.15, 0.2) is 0 Å². The number of carbonyl (C=O) groups is 1. The van der Waals surface area contributed by atoms with Gasteiger partial charge in [-0.3, -0.25) is 4.79 Å². The predicted molar refractivity (Wildman–Crippen MR) is 107 cm³/mol. The van der Waals surface area contributed by atoms with Crippen LogP contribution < -0.4 is 10.5 Å². The highest BCUT2D eigenvalue weighted by atomic mass is 19.4. The molecule has 1 aliphatic heterocycles. The highest BCUT2D eigenvalue weighted by Crippen LogP contribution is 2.31. The molecule has 14 heteroatoms. The number of nitrogens with zero attached hydrogens (tertiary/aromatic N) is 4. The fourth-order valence-corrected chi connectivity index (χ4v) is 3.54. The van der Waals surface area contributed by atoms with Crippen LogP contribution in [0.2, 0.25) is 0 Å². The number of nitrogens with one attached hydrogen (secondary N) is 1. The van der Waals surface area contributed by atoms with Crippen LogP contribution in [0.3, 0.4) is 0 Å². The molecule has 1 fully saturated rings. The van der Waals surface area contributed by atoms with Crippen molar-refractivity contribution in [1.82, 2.24) is 19.9 Å². The number of hydrogen-bond donors (Lipinski definition) is 1. The second kappa shape index (κ2) is 9.50. The number of aromatic nitrogens is 3. The van der Waals surface area contributed by atoms with Gasteiger partial charge < -0.3 is 19.5 Å². The number of amides is 1. The summed E-state index contributed by atoms with van der Waals surface area (Å²) in [6.07, 6.45) is -8.32. The molecule has 34 heavy (non-hydrogen) atoms. The molecule has 1 amide bonds. The number of aromatic amines is 1. The minimum Gasteiger partial charge on any atom is -0.446 e. The quantitative estimate of drug-likeness (QED) is 0.657. The van der Waals surface area contributed by atoms with E-state index in [0.717, 1.165) is 0 Å². The van der Waals surface area contributed by atoms with Crippen molar-refractivity contribution < 1.29 is 35.9 Å². The van der Waals surface area contributed by atoms with E-state index in [1.807, 2.05) is 0 Å². The van der Waals surface area contributed by atoms with E-state index in [2.05, 4.69) is 15.0 Å². The third-order valence-corrected chi connectivity index (χ3v) is 5.34. The van der Waals surface area contributed by atoms with Crippen LogP contribution >= 0.6 is 0 Å². The first-order chi connectivity index (χ1) is 15.8. The van der Waals surface area contributed by atoms with E-state index in [1.165, 1.54) is 24.9 Å². The van der Waals surface area contributed by atoms with E-state index in [-0.39, 0.29) is 49.7 Å². The number of rotatable bonds is 4. The molecule has 0 radical (unpaired) electrons. The molecule has 1 N–H and O–H groups in total. The molecule has 3 heterocycles. The molecule has 0 bridgehead atoms. The second-order valence-corrected chi connectivity index (χ2v) is 7.78. The highest BCUT2D eigenvalue weighted by Gasteiger charge is 2.37. The zero-order valence-electron chi connectivity index (χ0n) is 18.1. The molecule has 8 nitrogen and oxygen atoms in total. The van der Waals surface area contributed by atoms with E-state index in [0.29, 0.717) is 12.4 Å². The van der Waals surface area contributed by atoms with Gasteiger partial charge in [-0.25, -0.2) is 14.8 Å². The average Bonchev–Trinajstić information content (AvgIpc) is 2.74. The molecule has 0 saturated carbocycles. The maximum Gasteiger partial charge on any atom is 0.421 e. The first kappa shape index (κ1) is 25.3. The van der Waals surface area contributed by atoms with Crippen molar-refractivity contribution in [3.05, 3.63) is 51.2 Å². The van der Waals surface area contributed by atoms with Crippen LogP contribution in [0.5, 0.6) is 0 Å². The molecule has 3 rings (SSSR count). The molecule has 0 spiro atoms. The Hall–Kier alpha value is -3.32. The van der Waals surface area contributed by atoms with Crippen LogP contribution in [0.4, 0.5) is 37.1 Å². The minimum atomic E-state index is -4.82. The Labute approximate surface area is 189 Å². The second-order valence-electron chi connectivity index (χ2n) is 7.78. The Morgan fingerprint density at radius 2 is 1.68 bits per heavy atom. The third kappa shape index (κ3) is 5.78. The molecular weight excluding hydrogens is 472 g/mol. The van der Waals surface area contributed by atoms with E-state index < -0.39 is 41.2 Å². The van der Waals surface area contributed by atoms with Gasteiger partial charge in [0.2, 0.25) is 5.95 Å². The normalized spacial score (nSPS) is 15.9. The number of piperazine rings is 1. The van der Waals surface area contributed by atoms with Crippen molar-refractivity contribution in [3.8, 4) is 0 Å². The molecule has 2 aromatic heterocycles. The standard InChI is InChI=1S/C20H21F6N5O3/c1-11(7-13-8-27-16(32)15(12(13)2)20(24,25)26)34-18(33)31-5-3-30(4-6-31)17-28-9-14(10-29-17)19(21,22)23/h8-11H,3-7H2,1-2H3,(H,27,32)/t11-/m0/s1. The van der Waals surface area contributed by atoms with Crippen molar-refractivity contribution in [2.45, 2.75) is 38.7 Å². The van der Waals surface area contributed by atoms with E-state index in [1.54, 1.807) is 4.90 Å². The highest BCUT2D eigenvalue weighted by molar-refractivity contribution is 5.68. The van der Waals surface area contributed by atoms with Gasteiger partial charge >= 0.3 is 18.4 Å². The summed E-state index contributed by atoms with van der Waals surface area (Å²) < 4.78 is 82.6. The van der Waals surface area contributed by atoms with Crippen molar-refractivity contribution in [2.75, 3.05) is 31.1 Å². The zero-order chi connectivity index (χ0) is 25.3. The summed E-state index contributed by atoms with van der Waals surface area (Å²) in [4.78, 5) is 36.5. The summed E-state index contributed by atoms with van der Waals surface area (Å²) in [5.74, 6) is 0.100. The lowest BCUT2D eigenvalue weighted by molar-refractivity contribution is -0.139. The lowest BCUT2D eigenvalue weighted by atomic mass is 10.0. The van der Waals surface area contributed by atoms with E-state index in [4.69, 9.17) is 4.74 Å². The Balaban J connectivity index is 1.56. The summed E-state index contributed by atoms with van der Waals surface area (Å²) in [5.41, 5.74) is -3.54. The molecule has 186 valence electrons. The van der Waals surface area contributed by atoms with Crippen LogP contribution in [0.1, 0.15) is 29.2 Å². The fourth-order valence-electron chi connectivity index (χ4n) is 3.54. The van der Waals surface area contributed by atoms with Crippen LogP contribution in [0, 0.1) is 6.92 Å². The Morgan fingerprint density at radius 3 is 2.21 bits per heavy atom. The predicted octanol–water partition coefficient (Wildman–Crippen LogP) is 3.40. The summed E-state index contributed by atoms with van der Waals surface area (Å²) in [7, 11) is 0. The van der Waals surface area contributed by atoms with Gasteiger partial charge in [0.25, 0.3) is 5.56 Å². The van der Waals surface area contributed by atoms with Gasteiger partial charge in [0, 0.05) is 51.2 Å². The van der Waals surface area contributed by atoms with Crippen LogP contribution in [-0.4, -0.2) is 58.2 Å². The number of H-pyrrole nitrogens is 1. The molecular formula is C20H21F6N5O3. The van der Waals surface area contributed by atoms with Crippen molar-refractivity contribution >= 4 is 12.0 Å². The number of carbonyl (C=O) groups excluding carboxylic acids is 1. The first-order valence-corrected chi connectivity index (χ1v) is 10.2. The summed E-state index contributed by atoms with van der Waals surface area (Å²) in [5, 5.41) is 0. The third-order valence-electron chi connectivity index (χ3n) is 5.34. The number of hydrogen-bond acceptors (Lipinski definition) is 6.